The van der Waals surface area contributed by atoms with Crippen molar-refractivity contribution in [2.24, 2.45) is 0 Å². The van der Waals surface area contributed by atoms with Crippen LogP contribution in [0.1, 0.15) is 18.5 Å². The highest BCUT2D eigenvalue weighted by atomic mass is 16.5. The number of carbonyl (C=O) groups is 1. The Morgan fingerprint density at radius 2 is 1.69 bits per heavy atom. The molecule has 0 bridgehead atoms. The Labute approximate surface area is 155 Å². The van der Waals surface area contributed by atoms with Gasteiger partial charge in [-0.15, -0.1) is 0 Å². The summed E-state index contributed by atoms with van der Waals surface area (Å²) in [6, 6.07) is 18.5. The number of anilines is 1. The Morgan fingerprint density at radius 1 is 1.04 bits per heavy atom. The van der Waals surface area contributed by atoms with E-state index in [-0.39, 0.29) is 11.9 Å². The number of ether oxygens (including phenoxy) is 1. The lowest BCUT2D eigenvalue weighted by Crippen LogP contribution is -2.51. The molecule has 5 heteroatoms. The van der Waals surface area contributed by atoms with E-state index in [1.54, 1.807) is 7.11 Å². The number of hydrogen-bond acceptors (Lipinski definition) is 4. The van der Waals surface area contributed by atoms with Crippen LogP contribution in [0.5, 0.6) is 5.75 Å². The zero-order valence-electron chi connectivity index (χ0n) is 15.5. The van der Waals surface area contributed by atoms with Crippen molar-refractivity contribution in [3.63, 3.8) is 0 Å². The molecule has 0 saturated carbocycles. The number of nitrogens with one attached hydrogen (secondary N) is 1. The van der Waals surface area contributed by atoms with Gasteiger partial charge in [0.2, 0.25) is 5.91 Å². The molecule has 0 unspecified atom stereocenters. The van der Waals surface area contributed by atoms with Crippen LogP contribution >= 0.6 is 0 Å². The third-order valence-corrected chi connectivity index (χ3v) is 4.93. The first-order chi connectivity index (χ1) is 12.7. The number of methoxy groups -OCH3 is 1. The van der Waals surface area contributed by atoms with Crippen molar-refractivity contribution < 1.29 is 9.53 Å². The molecule has 1 aliphatic rings. The molecule has 5 nitrogen and oxygen atoms in total. The van der Waals surface area contributed by atoms with Crippen molar-refractivity contribution >= 4 is 11.6 Å². The minimum Gasteiger partial charge on any atom is -0.497 e. The molecule has 26 heavy (non-hydrogen) atoms. The van der Waals surface area contributed by atoms with E-state index in [0.29, 0.717) is 6.54 Å². The fourth-order valence-electron chi connectivity index (χ4n) is 3.22. The second kappa shape index (κ2) is 8.72. The first kappa shape index (κ1) is 18.3. The second-order valence-electron chi connectivity index (χ2n) is 6.58. The SMILES string of the molecule is COc1ccc(N2CCN(C(=O)CN[C@@H](C)c3ccccc3)CC2)cc1. The maximum absolute atomic E-state index is 12.5. The quantitative estimate of drug-likeness (QED) is 0.867. The van der Waals surface area contributed by atoms with Crippen molar-refractivity contribution in [2.45, 2.75) is 13.0 Å². The molecule has 1 heterocycles. The number of hydrogen-bond donors (Lipinski definition) is 1. The molecular weight excluding hydrogens is 326 g/mol. The van der Waals surface area contributed by atoms with E-state index in [2.05, 4.69) is 41.4 Å². The molecule has 3 rings (SSSR count). The number of piperazine rings is 1. The highest BCUT2D eigenvalue weighted by Gasteiger charge is 2.21. The van der Waals surface area contributed by atoms with Gasteiger partial charge in [0.05, 0.1) is 13.7 Å². The van der Waals surface area contributed by atoms with Crippen LogP contribution in [0.2, 0.25) is 0 Å². The van der Waals surface area contributed by atoms with E-state index in [4.69, 9.17) is 4.74 Å². The van der Waals surface area contributed by atoms with E-state index in [1.165, 1.54) is 11.3 Å². The number of benzene rings is 2. The highest BCUT2D eigenvalue weighted by Crippen LogP contribution is 2.20. The number of amides is 1. The van der Waals surface area contributed by atoms with Crippen molar-refractivity contribution in [3.05, 3.63) is 60.2 Å². The largest absolute Gasteiger partial charge is 0.497 e. The molecule has 138 valence electrons. The summed E-state index contributed by atoms with van der Waals surface area (Å²) in [4.78, 5) is 16.7. The van der Waals surface area contributed by atoms with Crippen LogP contribution in [0, 0.1) is 0 Å². The van der Waals surface area contributed by atoms with E-state index < -0.39 is 0 Å². The van der Waals surface area contributed by atoms with Gasteiger partial charge in [-0.1, -0.05) is 30.3 Å². The lowest BCUT2D eigenvalue weighted by molar-refractivity contribution is -0.130. The Hall–Kier alpha value is -2.53. The average molecular weight is 353 g/mol. The lowest BCUT2D eigenvalue weighted by atomic mass is 10.1. The Bertz CT molecular complexity index is 695. The molecular formula is C21H27N3O2. The Balaban J connectivity index is 1.45. The maximum atomic E-state index is 12.5. The summed E-state index contributed by atoms with van der Waals surface area (Å²) >= 11 is 0. The fourth-order valence-corrected chi connectivity index (χ4v) is 3.22. The van der Waals surface area contributed by atoms with Crippen LogP contribution in [0.4, 0.5) is 5.69 Å². The van der Waals surface area contributed by atoms with Gasteiger partial charge in [0.25, 0.3) is 0 Å². The summed E-state index contributed by atoms with van der Waals surface area (Å²) in [7, 11) is 1.67. The molecule has 2 aromatic rings. The number of nitrogens with zero attached hydrogens (tertiary/aromatic N) is 2. The van der Waals surface area contributed by atoms with Crippen molar-refractivity contribution in [1.82, 2.24) is 10.2 Å². The van der Waals surface area contributed by atoms with Crippen LogP contribution in [0.15, 0.2) is 54.6 Å². The Morgan fingerprint density at radius 3 is 2.31 bits per heavy atom. The third kappa shape index (κ3) is 4.55. The monoisotopic (exact) mass is 353 g/mol. The summed E-state index contributed by atoms with van der Waals surface area (Å²) in [5.74, 6) is 1.03. The van der Waals surface area contributed by atoms with Crippen LogP contribution < -0.4 is 15.0 Å². The number of carbonyl (C=O) groups excluding carboxylic acids is 1. The van der Waals surface area contributed by atoms with Gasteiger partial charge in [0.15, 0.2) is 0 Å². The number of rotatable bonds is 6. The molecule has 0 aromatic heterocycles. The third-order valence-electron chi connectivity index (χ3n) is 4.93. The highest BCUT2D eigenvalue weighted by molar-refractivity contribution is 5.78. The van der Waals surface area contributed by atoms with Crippen molar-refractivity contribution in [1.29, 1.82) is 0 Å². The molecule has 1 saturated heterocycles. The fraction of sp³-hybridized carbons (Fsp3) is 0.381. The summed E-state index contributed by atoms with van der Waals surface area (Å²) < 4.78 is 5.20. The lowest BCUT2D eigenvalue weighted by Gasteiger charge is -2.36. The van der Waals surface area contributed by atoms with Crippen LogP contribution in [-0.4, -0.2) is 50.6 Å². The molecule has 2 aromatic carbocycles. The Kier molecular flexibility index (Phi) is 6.12. The van der Waals surface area contributed by atoms with Gasteiger partial charge < -0.3 is 19.9 Å². The van der Waals surface area contributed by atoms with Crippen LogP contribution in [-0.2, 0) is 4.79 Å². The summed E-state index contributed by atoms with van der Waals surface area (Å²) in [6.45, 7) is 5.68. The van der Waals surface area contributed by atoms with Crippen LogP contribution in [0.3, 0.4) is 0 Å². The van der Waals surface area contributed by atoms with E-state index in [0.717, 1.165) is 31.9 Å². The molecule has 1 N–H and O–H groups in total. The van der Waals surface area contributed by atoms with Gasteiger partial charge in [-0.2, -0.15) is 0 Å². The van der Waals surface area contributed by atoms with Gasteiger partial charge in [0, 0.05) is 37.9 Å². The predicted octanol–water partition coefficient (Wildman–Crippen LogP) is 2.69. The first-order valence-corrected chi connectivity index (χ1v) is 9.12. The van der Waals surface area contributed by atoms with Gasteiger partial charge in [0.1, 0.15) is 5.75 Å². The van der Waals surface area contributed by atoms with Crippen molar-refractivity contribution in [2.75, 3.05) is 44.7 Å². The summed E-state index contributed by atoms with van der Waals surface area (Å²) in [5, 5.41) is 3.33. The molecule has 0 spiro atoms. The molecule has 1 aliphatic heterocycles. The normalized spacial score (nSPS) is 15.6. The molecule has 1 amide bonds. The van der Waals surface area contributed by atoms with Gasteiger partial charge in [-0.25, -0.2) is 0 Å². The molecule has 1 atom stereocenters. The predicted molar refractivity (Wildman–Crippen MR) is 105 cm³/mol. The zero-order chi connectivity index (χ0) is 18.4. The molecule has 0 aliphatic carbocycles. The van der Waals surface area contributed by atoms with Crippen molar-refractivity contribution in [3.8, 4) is 5.75 Å². The zero-order valence-corrected chi connectivity index (χ0v) is 15.5. The topological polar surface area (TPSA) is 44.8 Å². The summed E-state index contributed by atoms with van der Waals surface area (Å²) in [6.07, 6.45) is 0. The van der Waals surface area contributed by atoms with Gasteiger partial charge in [-0.05, 0) is 36.8 Å². The minimum atomic E-state index is 0.167. The second-order valence-corrected chi connectivity index (χ2v) is 6.58. The minimum absolute atomic E-state index is 0.167. The molecule has 1 fully saturated rings. The average Bonchev–Trinajstić information content (AvgIpc) is 2.72. The van der Waals surface area contributed by atoms with E-state index in [1.807, 2.05) is 35.2 Å². The van der Waals surface area contributed by atoms with E-state index >= 15 is 0 Å². The standard InChI is InChI=1S/C21H27N3O2/c1-17(18-6-4-3-5-7-18)22-16-21(25)24-14-12-23(13-15-24)19-8-10-20(26-2)11-9-19/h3-11,17,22H,12-16H2,1-2H3/t17-/m0/s1. The maximum Gasteiger partial charge on any atom is 0.236 e. The van der Waals surface area contributed by atoms with Gasteiger partial charge in [-0.3, -0.25) is 4.79 Å². The molecule has 0 radical (unpaired) electrons. The van der Waals surface area contributed by atoms with Crippen LogP contribution in [0.25, 0.3) is 0 Å². The first-order valence-electron chi connectivity index (χ1n) is 9.12. The smallest absolute Gasteiger partial charge is 0.236 e. The van der Waals surface area contributed by atoms with Gasteiger partial charge >= 0.3 is 0 Å². The summed E-state index contributed by atoms with van der Waals surface area (Å²) in [5.41, 5.74) is 2.37. The van der Waals surface area contributed by atoms with E-state index in [9.17, 15) is 4.79 Å².